The normalized spacial score (nSPS) is 18.0. The second-order valence-corrected chi connectivity index (χ2v) is 7.39. The number of hydrogen-bond donors (Lipinski definition) is 0. The van der Waals surface area contributed by atoms with E-state index in [1.165, 1.54) is 11.8 Å². The molecule has 1 aliphatic heterocycles. The molecule has 0 bridgehead atoms. The van der Waals surface area contributed by atoms with Gasteiger partial charge in [-0.2, -0.15) is 0 Å². The van der Waals surface area contributed by atoms with Gasteiger partial charge in [-0.3, -0.25) is 9.69 Å². The van der Waals surface area contributed by atoms with Gasteiger partial charge in [-0.15, -0.1) is 11.8 Å². The van der Waals surface area contributed by atoms with Crippen molar-refractivity contribution in [2.24, 2.45) is 4.99 Å². The molecule has 1 fully saturated rings. The first-order valence-corrected chi connectivity index (χ1v) is 9.65. The number of aliphatic imine (C=N–C) groups is 1. The smallest absolute Gasteiger partial charge is 0.266 e. The number of hydrogen-bond acceptors (Lipinski definition) is 4. The van der Waals surface area contributed by atoms with Gasteiger partial charge in [-0.1, -0.05) is 35.9 Å². The number of halogens is 1. The maximum atomic E-state index is 12.5. The van der Waals surface area contributed by atoms with Crippen LogP contribution in [0.2, 0.25) is 5.02 Å². The number of likely N-dealkylation sites (N-methyl/N-ethyl adjacent to an activating group) is 1. The Labute approximate surface area is 154 Å². The average Bonchev–Trinajstić information content (AvgIpc) is 2.85. The van der Waals surface area contributed by atoms with Gasteiger partial charge in [-0.25, -0.2) is 4.99 Å². The third-order valence-corrected chi connectivity index (χ3v) is 5.60. The van der Waals surface area contributed by atoms with Crippen molar-refractivity contribution in [3.63, 3.8) is 0 Å². The minimum absolute atomic E-state index is 0.0697. The Balaban J connectivity index is 1.91. The third kappa shape index (κ3) is 3.69. The fraction of sp³-hybridized carbons (Fsp3) is 0.111. The van der Waals surface area contributed by atoms with Crippen molar-refractivity contribution in [3.8, 4) is 0 Å². The van der Waals surface area contributed by atoms with E-state index in [0.29, 0.717) is 15.1 Å². The quantitative estimate of drug-likeness (QED) is 0.540. The van der Waals surface area contributed by atoms with E-state index < -0.39 is 0 Å². The summed E-state index contributed by atoms with van der Waals surface area (Å²) in [6, 6.07) is 15.4. The Hall–Kier alpha value is -1.69. The number of amidine groups is 1. The van der Waals surface area contributed by atoms with E-state index in [1.807, 2.05) is 60.9 Å². The summed E-state index contributed by atoms with van der Waals surface area (Å²) < 4.78 is 0. The lowest BCUT2D eigenvalue weighted by molar-refractivity contribution is -0.121. The molecule has 24 heavy (non-hydrogen) atoms. The zero-order chi connectivity index (χ0) is 17.1. The molecule has 122 valence electrons. The van der Waals surface area contributed by atoms with E-state index in [2.05, 4.69) is 4.99 Å². The second-order valence-electron chi connectivity index (χ2n) is 5.09. The standard InChI is InChI=1S/C18H15ClN2OS2/c1-21-17(22)16(10-12-6-3-4-9-15(12)19)24-18(21)20-13-7-5-8-14(11-13)23-2/h3-11H,1-2H3/b16-10+,20-18?. The Morgan fingerprint density at radius 2 is 2.00 bits per heavy atom. The predicted octanol–water partition coefficient (Wildman–Crippen LogP) is 5.30. The maximum Gasteiger partial charge on any atom is 0.266 e. The first-order valence-electron chi connectivity index (χ1n) is 7.23. The van der Waals surface area contributed by atoms with Crippen LogP contribution < -0.4 is 0 Å². The van der Waals surface area contributed by atoms with Gasteiger partial charge >= 0.3 is 0 Å². The molecule has 0 radical (unpaired) electrons. The van der Waals surface area contributed by atoms with Crippen LogP contribution in [0.25, 0.3) is 6.08 Å². The lowest BCUT2D eigenvalue weighted by Gasteiger charge is -2.07. The largest absolute Gasteiger partial charge is 0.290 e. The minimum atomic E-state index is -0.0697. The highest BCUT2D eigenvalue weighted by molar-refractivity contribution is 8.18. The molecule has 1 saturated heterocycles. The summed E-state index contributed by atoms with van der Waals surface area (Å²) in [4.78, 5) is 20.4. The molecule has 0 aromatic heterocycles. The van der Waals surface area contributed by atoms with Gasteiger partial charge in [0.1, 0.15) is 0 Å². The predicted molar refractivity (Wildman–Crippen MR) is 105 cm³/mol. The molecule has 2 aromatic carbocycles. The Morgan fingerprint density at radius 1 is 1.21 bits per heavy atom. The number of thioether (sulfide) groups is 2. The van der Waals surface area contributed by atoms with Crippen molar-refractivity contribution in [2.75, 3.05) is 13.3 Å². The topological polar surface area (TPSA) is 32.7 Å². The van der Waals surface area contributed by atoms with Gasteiger partial charge in [-0.05, 0) is 53.9 Å². The number of carbonyl (C=O) groups excluding carboxylic acids is 1. The Bertz CT molecular complexity index is 848. The van der Waals surface area contributed by atoms with Crippen LogP contribution in [0.15, 0.2) is 63.3 Å². The summed E-state index contributed by atoms with van der Waals surface area (Å²) in [6.07, 6.45) is 3.84. The fourth-order valence-electron chi connectivity index (χ4n) is 2.18. The van der Waals surface area contributed by atoms with E-state index >= 15 is 0 Å². The first-order chi connectivity index (χ1) is 11.6. The van der Waals surface area contributed by atoms with E-state index in [-0.39, 0.29) is 5.91 Å². The molecule has 1 amide bonds. The van der Waals surface area contributed by atoms with Crippen LogP contribution >= 0.6 is 35.1 Å². The number of rotatable bonds is 3. The highest BCUT2D eigenvalue weighted by atomic mass is 35.5. The summed E-state index contributed by atoms with van der Waals surface area (Å²) in [5, 5.41) is 1.29. The Morgan fingerprint density at radius 3 is 2.75 bits per heavy atom. The van der Waals surface area contributed by atoms with Crippen LogP contribution in [-0.4, -0.2) is 29.3 Å². The summed E-state index contributed by atoms with van der Waals surface area (Å²) in [5.41, 5.74) is 1.66. The maximum absolute atomic E-state index is 12.5. The molecular weight excluding hydrogens is 360 g/mol. The van der Waals surface area contributed by atoms with E-state index in [9.17, 15) is 4.79 Å². The van der Waals surface area contributed by atoms with Gasteiger partial charge in [0.15, 0.2) is 5.17 Å². The van der Waals surface area contributed by atoms with Gasteiger partial charge in [0, 0.05) is 17.0 Å². The lowest BCUT2D eigenvalue weighted by atomic mass is 10.2. The van der Waals surface area contributed by atoms with Crippen LogP contribution in [0.3, 0.4) is 0 Å². The molecule has 2 aromatic rings. The molecule has 1 heterocycles. The monoisotopic (exact) mass is 374 g/mol. The molecular formula is C18H15ClN2OS2. The van der Waals surface area contributed by atoms with Gasteiger partial charge in [0.25, 0.3) is 5.91 Å². The van der Waals surface area contributed by atoms with Crippen molar-refractivity contribution in [2.45, 2.75) is 4.90 Å². The van der Waals surface area contributed by atoms with Crippen LogP contribution in [0.5, 0.6) is 0 Å². The molecule has 3 rings (SSSR count). The molecule has 6 heteroatoms. The van der Waals surface area contributed by atoms with Gasteiger partial charge < -0.3 is 0 Å². The number of nitrogens with zero attached hydrogens (tertiary/aromatic N) is 2. The van der Waals surface area contributed by atoms with E-state index in [0.717, 1.165) is 16.1 Å². The molecule has 1 aliphatic rings. The van der Waals surface area contributed by atoms with E-state index in [4.69, 9.17) is 11.6 Å². The molecule has 0 aliphatic carbocycles. The van der Waals surface area contributed by atoms with Crippen LogP contribution in [-0.2, 0) is 4.79 Å². The van der Waals surface area contributed by atoms with Gasteiger partial charge in [0.05, 0.1) is 10.6 Å². The van der Waals surface area contributed by atoms with Crippen molar-refractivity contribution in [3.05, 3.63) is 64.0 Å². The molecule has 0 spiro atoms. The van der Waals surface area contributed by atoms with Crippen molar-refractivity contribution >= 4 is 58.0 Å². The summed E-state index contributed by atoms with van der Waals surface area (Å²) in [5.74, 6) is -0.0697. The van der Waals surface area contributed by atoms with Crippen molar-refractivity contribution in [1.82, 2.24) is 4.90 Å². The Kier molecular flexibility index (Phi) is 5.33. The van der Waals surface area contributed by atoms with Crippen LogP contribution in [0.1, 0.15) is 5.56 Å². The minimum Gasteiger partial charge on any atom is -0.290 e. The summed E-state index contributed by atoms with van der Waals surface area (Å²) >= 11 is 9.20. The lowest BCUT2D eigenvalue weighted by Crippen LogP contribution is -2.23. The van der Waals surface area contributed by atoms with Crippen LogP contribution in [0, 0.1) is 0 Å². The van der Waals surface area contributed by atoms with Gasteiger partial charge in [0.2, 0.25) is 0 Å². The summed E-state index contributed by atoms with van der Waals surface area (Å²) in [7, 11) is 1.74. The van der Waals surface area contributed by atoms with Crippen LogP contribution in [0.4, 0.5) is 5.69 Å². The zero-order valence-corrected chi connectivity index (χ0v) is 15.6. The average molecular weight is 375 g/mol. The number of carbonyl (C=O) groups is 1. The zero-order valence-electron chi connectivity index (χ0n) is 13.2. The molecule has 0 saturated carbocycles. The molecule has 0 atom stereocenters. The van der Waals surface area contributed by atoms with Crippen molar-refractivity contribution < 1.29 is 4.79 Å². The highest BCUT2D eigenvalue weighted by Crippen LogP contribution is 2.34. The first kappa shape index (κ1) is 17.1. The highest BCUT2D eigenvalue weighted by Gasteiger charge is 2.30. The van der Waals surface area contributed by atoms with E-state index in [1.54, 1.807) is 23.7 Å². The summed E-state index contributed by atoms with van der Waals surface area (Å²) in [6.45, 7) is 0. The van der Waals surface area contributed by atoms with Crippen molar-refractivity contribution in [1.29, 1.82) is 0 Å². The molecule has 0 N–H and O–H groups in total. The molecule has 0 unspecified atom stereocenters. The second kappa shape index (κ2) is 7.47. The molecule has 3 nitrogen and oxygen atoms in total. The fourth-order valence-corrected chi connectivity index (χ4v) is 3.80. The number of amides is 1. The third-order valence-electron chi connectivity index (χ3n) is 3.47. The SMILES string of the molecule is CSc1cccc(N=C2S/C(=C/c3ccccc3Cl)C(=O)N2C)c1. The number of benzene rings is 2.